The van der Waals surface area contributed by atoms with Crippen LogP contribution in [0, 0.1) is 0 Å². The van der Waals surface area contributed by atoms with Crippen molar-refractivity contribution in [1.82, 2.24) is 9.55 Å². The van der Waals surface area contributed by atoms with Crippen LogP contribution in [0.4, 0.5) is 17.2 Å². The molecule has 1 aromatic heterocycles. The van der Waals surface area contributed by atoms with Crippen LogP contribution < -0.4 is 26.8 Å². The zero-order chi connectivity index (χ0) is 27.7. The first-order chi connectivity index (χ1) is 18.8. The van der Waals surface area contributed by atoms with E-state index >= 15 is 0 Å². The molecule has 3 N–H and O–H groups in total. The third kappa shape index (κ3) is 4.60. The predicted molar refractivity (Wildman–Crippen MR) is 147 cm³/mol. The highest BCUT2D eigenvalue weighted by atomic mass is 32.2. The SMILES string of the molecule is CCCN(C(=O)COC(=O)[C@@]12CCC(=O)N1c1ccccc1S2)c1c(N)n(Cc2ccccc2)c(=O)[nH]c1=O. The zero-order valence-corrected chi connectivity index (χ0v) is 22.0. The van der Waals surface area contributed by atoms with E-state index in [-0.39, 0.29) is 43.3 Å². The molecule has 0 spiro atoms. The molecular weight excluding hydrogens is 522 g/mol. The van der Waals surface area contributed by atoms with Crippen LogP contribution in [0.5, 0.6) is 0 Å². The Morgan fingerprint density at radius 1 is 1.10 bits per heavy atom. The molecular formula is C27H27N5O6S. The molecule has 11 nitrogen and oxygen atoms in total. The molecule has 0 aliphatic carbocycles. The van der Waals surface area contributed by atoms with Crippen LogP contribution in [0.15, 0.2) is 69.1 Å². The molecule has 2 aliphatic heterocycles. The Kier molecular flexibility index (Phi) is 7.04. The van der Waals surface area contributed by atoms with Crippen molar-refractivity contribution >= 4 is 46.7 Å². The number of nitrogens with zero attached hydrogens (tertiary/aromatic N) is 3. The van der Waals surface area contributed by atoms with E-state index < -0.39 is 34.6 Å². The maximum Gasteiger partial charge on any atom is 0.344 e. The second kappa shape index (κ2) is 10.4. The number of rotatable bonds is 8. The Bertz CT molecular complexity index is 1570. The lowest BCUT2D eigenvalue weighted by Gasteiger charge is -2.29. The van der Waals surface area contributed by atoms with Gasteiger partial charge in [-0.05, 0) is 24.1 Å². The van der Waals surface area contributed by atoms with E-state index in [1.165, 1.54) is 21.2 Å². The van der Waals surface area contributed by atoms with Crippen molar-refractivity contribution in [3.63, 3.8) is 0 Å². The summed E-state index contributed by atoms with van der Waals surface area (Å²) >= 11 is 1.23. The topological polar surface area (TPSA) is 148 Å². The van der Waals surface area contributed by atoms with E-state index in [2.05, 4.69) is 4.98 Å². The van der Waals surface area contributed by atoms with E-state index in [9.17, 15) is 24.0 Å². The van der Waals surface area contributed by atoms with Crippen LogP contribution in [0.2, 0.25) is 0 Å². The Morgan fingerprint density at radius 2 is 1.82 bits per heavy atom. The first kappa shape index (κ1) is 26.3. The number of thioether (sulfide) groups is 1. The van der Waals surface area contributed by atoms with Gasteiger partial charge in [0, 0.05) is 24.3 Å². The minimum absolute atomic E-state index is 0.0859. The summed E-state index contributed by atoms with van der Waals surface area (Å²) in [6, 6.07) is 16.3. The maximum absolute atomic E-state index is 13.4. The van der Waals surface area contributed by atoms with Gasteiger partial charge in [0.05, 0.1) is 12.2 Å². The number of benzene rings is 2. The van der Waals surface area contributed by atoms with Crippen LogP contribution in [0.1, 0.15) is 31.7 Å². The standard InChI is InChI=1S/C27H27N5O6S/c1-2-14-30(22-23(28)31(26(37)29-24(22)35)15-17-8-4-3-5-9-17)21(34)16-38-25(36)27-13-12-20(33)32(27)18-10-6-7-11-19(18)39-27/h3-11H,2,12-16,28H2,1H3,(H,29,35,37)/t27-/m0/s1. The number of carbonyl (C=O) groups excluding carboxylic acids is 3. The number of nitrogens with two attached hydrogens (primary N) is 1. The normalized spacial score (nSPS) is 17.6. The molecule has 3 aromatic rings. The fourth-order valence-corrected chi connectivity index (χ4v) is 6.35. The number of hydrogen-bond donors (Lipinski definition) is 2. The number of hydrogen-bond acceptors (Lipinski definition) is 8. The second-order valence-corrected chi connectivity index (χ2v) is 10.6. The van der Waals surface area contributed by atoms with E-state index in [1.54, 1.807) is 24.3 Å². The number of amides is 2. The van der Waals surface area contributed by atoms with Crippen molar-refractivity contribution in [2.24, 2.45) is 0 Å². The monoisotopic (exact) mass is 549 g/mol. The number of fused-ring (bicyclic) bond motifs is 3. The van der Waals surface area contributed by atoms with Crippen molar-refractivity contribution in [3.05, 3.63) is 81.0 Å². The minimum Gasteiger partial charge on any atom is -0.453 e. The largest absolute Gasteiger partial charge is 0.453 e. The molecule has 1 fully saturated rings. The lowest BCUT2D eigenvalue weighted by atomic mass is 10.2. The molecule has 3 heterocycles. The lowest BCUT2D eigenvalue weighted by molar-refractivity contribution is -0.150. The third-order valence-corrected chi connectivity index (χ3v) is 8.19. The summed E-state index contributed by atoms with van der Waals surface area (Å²) in [6.07, 6.45) is 0.892. The molecule has 1 atom stereocenters. The molecule has 2 amide bonds. The number of anilines is 3. The number of nitrogen functional groups attached to an aromatic ring is 1. The summed E-state index contributed by atoms with van der Waals surface area (Å²) in [4.78, 5) is 69.1. The van der Waals surface area contributed by atoms with E-state index in [4.69, 9.17) is 10.5 Å². The Hall–Kier alpha value is -4.32. The summed E-state index contributed by atoms with van der Waals surface area (Å²) in [5, 5.41) is 0. The summed E-state index contributed by atoms with van der Waals surface area (Å²) < 4.78 is 6.67. The first-order valence-corrected chi connectivity index (χ1v) is 13.3. The van der Waals surface area contributed by atoms with Gasteiger partial charge in [-0.3, -0.25) is 28.8 Å². The van der Waals surface area contributed by atoms with Crippen LogP contribution >= 0.6 is 11.8 Å². The van der Waals surface area contributed by atoms with Gasteiger partial charge in [0.2, 0.25) is 5.91 Å². The van der Waals surface area contributed by atoms with Crippen LogP contribution in [-0.4, -0.2) is 45.4 Å². The molecule has 5 rings (SSSR count). The highest BCUT2D eigenvalue weighted by Gasteiger charge is 2.58. The number of aromatic nitrogens is 2. The smallest absolute Gasteiger partial charge is 0.344 e. The van der Waals surface area contributed by atoms with Gasteiger partial charge in [0.15, 0.2) is 17.2 Å². The molecule has 0 bridgehead atoms. The van der Waals surface area contributed by atoms with Crippen LogP contribution in [-0.2, 0) is 25.7 Å². The average Bonchev–Trinajstić information content (AvgIpc) is 3.45. The summed E-state index contributed by atoms with van der Waals surface area (Å²) in [5.74, 6) is -1.76. The first-order valence-electron chi connectivity index (χ1n) is 12.5. The highest BCUT2D eigenvalue weighted by molar-refractivity contribution is 8.02. The van der Waals surface area contributed by atoms with Crippen molar-refractivity contribution in [3.8, 4) is 0 Å². The number of H-pyrrole nitrogens is 1. The van der Waals surface area contributed by atoms with Gasteiger partial charge in [-0.15, -0.1) is 0 Å². The quantitative estimate of drug-likeness (QED) is 0.406. The molecule has 0 radical (unpaired) electrons. The third-order valence-electron chi connectivity index (χ3n) is 6.73. The molecule has 2 aliphatic rings. The maximum atomic E-state index is 13.4. The van der Waals surface area contributed by atoms with Crippen LogP contribution in [0.25, 0.3) is 0 Å². The second-order valence-electron chi connectivity index (χ2n) is 9.27. The van der Waals surface area contributed by atoms with Gasteiger partial charge in [-0.1, -0.05) is 61.2 Å². The van der Waals surface area contributed by atoms with E-state index in [0.717, 1.165) is 15.4 Å². The molecule has 12 heteroatoms. The molecule has 2 aromatic carbocycles. The van der Waals surface area contributed by atoms with Gasteiger partial charge >= 0.3 is 11.7 Å². The summed E-state index contributed by atoms with van der Waals surface area (Å²) in [6.45, 7) is 1.33. The molecule has 39 heavy (non-hydrogen) atoms. The minimum atomic E-state index is -1.28. The number of ether oxygens (including phenoxy) is 1. The Labute approximate surface area is 227 Å². The van der Waals surface area contributed by atoms with Crippen LogP contribution in [0.3, 0.4) is 0 Å². The fourth-order valence-electron chi connectivity index (χ4n) is 4.94. The number of para-hydroxylation sites is 1. The van der Waals surface area contributed by atoms with Gasteiger partial charge in [-0.2, -0.15) is 0 Å². The molecule has 1 saturated heterocycles. The molecule has 0 saturated carbocycles. The fraction of sp³-hybridized carbons (Fsp3) is 0.296. The zero-order valence-electron chi connectivity index (χ0n) is 21.2. The lowest BCUT2D eigenvalue weighted by Crippen LogP contribution is -2.49. The van der Waals surface area contributed by atoms with Gasteiger partial charge in [-0.25, -0.2) is 9.59 Å². The van der Waals surface area contributed by atoms with Gasteiger partial charge in [0.25, 0.3) is 11.5 Å². The molecule has 202 valence electrons. The molecule has 0 unspecified atom stereocenters. The average molecular weight is 550 g/mol. The summed E-state index contributed by atoms with van der Waals surface area (Å²) in [7, 11) is 0. The van der Waals surface area contributed by atoms with Crippen molar-refractivity contribution in [1.29, 1.82) is 0 Å². The van der Waals surface area contributed by atoms with Crippen molar-refractivity contribution in [2.75, 3.05) is 28.7 Å². The van der Waals surface area contributed by atoms with Gasteiger partial charge in [0.1, 0.15) is 5.82 Å². The number of aromatic amines is 1. The van der Waals surface area contributed by atoms with Crippen molar-refractivity contribution < 1.29 is 19.1 Å². The predicted octanol–water partition coefficient (Wildman–Crippen LogP) is 2.08. The Balaban J connectivity index is 1.39. The Morgan fingerprint density at radius 3 is 2.56 bits per heavy atom. The van der Waals surface area contributed by atoms with E-state index in [1.807, 2.05) is 37.3 Å². The summed E-state index contributed by atoms with van der Waals surface area (Å²) in [5.41, 5.74) is 5.99. The number of esters is 1. The number of nitrogens with one attached hydrogen (secondary N) is 1. The van der Waals surface area contributed by atoms with Gasteiger partial charge < -0.3 is 15.4 Å². The highest BCUT2D eigenvalue weighted by Crippen LogP contribution is 2.56. The number of carbonyl (C=O) groups is 3. The van der Waals surface area contributed by atoms with E-state index in [0.29, 0.717) is 12.1 Å². The van der Waals surface area contributed by atoms with Crippen molar-refractivity contribution in [2.45, 2.75) is 42.5 Å².